The van der Waals surface area contributed by atoms with E-state index in [1.807, 2.05) is 18.4 Å². The number of aryl methyl sites for hydroxylation is 1. The van der Waals surface area contributed by atoms with Crippen LogP contribution in [0.15, 0.2) is 35.3 Å². The number of ether oxygens (including phenoxy) is 1. The predicted octanol–water partition coefficient (Wildman–Crippen LogP) is 5.62. The Hall–Kier alpha value is -2.09. The molecule has 4 heterocycles. The van der Waals surface area contributed by atoms with Crippen molar-refractivity contribution in [2.45, 2.75) is 6.92 Å². The summed E-state index contributed by atoms with van der Waals surface area (Å²) in [4.78, 5) is 14.2. The normalized spacial score (nSPS) is 11.7. The van der Waals surface area contributed by atoms with E-state index in [0.29, 0.717) is 5.88 Å². The zero-order valence-corrected chi connectivity index (χ0v) is 14.4. The van der Waals surface area contributed by atoms with Crippen LogP contribution in [-0.4, -0.2) is 15.0 Å². The van der Waals surface area contributed by atoms with E-state index < -0.39 is 0 Å². The highest BCUT2D eigenvalue weighted by Crippen LogP contribution is 2.41. The van der Waals surface area contributed by atoms with Gasteiger partial charge < -0.3 is 4.74 Å². The van der Waals surface area contributed by atoms with Gasteiger partial charge in [-0.2, -0.15) is 0 Å². The summed E-state index contributed by atoms with van der Waals surface area (Å²) in [7, 11) is 0. The summed E-state index contributed by atoms with van der Waals surface area (Å²) in [6.45, 7) is 2.03. The van der Waals surface area contributed by atoms with E-state index in [9.17, 15) is 0 Å². The molecule has 0 aliphatic heterocycles. The maximum Gasteiger partial charge on any atom is 0.231 e. The van der Waals surface area contributed by atoms with Gasteiger partial charge in [0.05, 0.1) is 25.3 Å². The molecule has 5 aromatic rings. The largest absolute Gasteiger partial charge is 0.437 e. The molecule has 4 aromatic heterocycles. The molecule has 112 valence electrons. The van der Waals surface area contributed by atoms with Crippen molar-refractivity contribution in [2.24, 2.45) is 0 Å². The summed E-state index contributed by atoms with van der Waals surface area (Å²) in [5.41, 5.74) is 1.06. The lowest BCUT2D eigenvalue weighted by Crippen LogP contribution is -1.90. The van der Waals surface area contributed by atoms with Crippen molar-refractivity contribution in [1.82, 2.24) is 15.0 Å². The van der Waals surface area contributed by atoms with Crippen LogP contribution in [0.2, 0.25) is 0 Å². The second-order valence-corrected chi connectivity index (χ2v) is 8.08. The van der Waals surface area contributed by atoms with Crippen LogP contribution in [0.5, 0.6) is 11.6 Å². The molecule has 0 N–H and O–H groups in total. The second-order valence-electron chi connectivity index (χ2n) is 5.04. The van der Waals surface area contributed by atoms with E-state index in [1.54, 1.807) is 40.3 Å². The summed E-state index contributed by atoms with van der Waals surface area (Å²) in [6, 6.07) is 6.14. The highest BCUT2D eigenvalue weighted by Gasteiger charge is 2.15. The molecule has 5 rings (SSSR count). The number of nitrogens with zero attached hydrogens (tertiary/aromatic N) is 3. The summed E-state index contributed by atoms with van der Waals surface area (Å²) < 4.78 is 8.49. The summed E-state index contributed by atoms with van der Waals surface area (Å²) in [6.07, 6.45) is 1.55. The maximum absolute atomic E-state index is 6.18. The molecule has 0 atom stereocenters. The lowest BCUT2D eigenvalue weighted by molar-refractivity contribution is 0.474. The van der Waals surface area contributed by atoms with Gasteiger partial charge in [-0.25, -0.2) is 15.0 Å². The first-order chi connectivity index (χ1) is 11.3. The Morgan fingerprint density at radius 3 is 2.87 bits per heavy atom. The zero-order valence-electron chi connectivity index (χ0n) is 11.9. The number of thiophene rings is 2. The molecule has 0 aliphatic rings. The van der Waals surface area contributed by atoms with Crippen LogP contribution in [0.25, 0.3) is 30.5 Å². The first kappa shape index (κ1) is 13.4. The van der Waals surface area contributed by atoms with E-state index in [0.717, 1.165) is 41.3 Å². The van der Waals surface area contributed by atoms with Crippen LogP contribution >= 0.6 is 34.0 Å². The average Bonchev–Trinajstić information content (AvgIpc) is 3.24. The fourth-order valence-electron chi connectivity index (χ4n) is 2.62. The molecule has 0 fully saturated rings. The Labute approximate surface area is 143 Å². The Kier molecular flexibility index (Phi) is 2.88. The van der Waals surface area contributed by atoms with Gasteiger partial charge in [0.2, 0.25) is 5.88 Å². The Morgan fingerprint density at radius 2 is 1.91 bits per heavy atom. The second kappa shape index (κ2) is 4.95. The highest BCUT2D eigenvalue weighted by molar-refractivity contribution is 7.21. The minimum Gasteiger partial charge on any atom is -0.437 e. The van der Waals surface area contributed by atoms with Gasteiger partial charge in [0.1, 0.15) is 16.9 Å². The quantitative estimate of drug-likeness (QED) is 0.412. The Morgan fingerprint density at radius 1 is 1.04 bits per heavy atom. The van der Waals surface area contributed by atoms with Crippen molar-refractivity contribution in [3.8, 4) is 11.6 Å². The van der Waals surface area contributed by atoms with Crippen LogP contribution < -0.4 is 4.74 Å². The van der Waals surface area contributed by atoms with Gasteiger partial charge >= 0.3 is 0 Å². The summed E-state index contributed by atoms with van der Waals surface area (Å²) >= 11 is 4.97. The highest BCUT2D eigenvalue weighted by atomic mass is 32.1. The standard InChI is InChI=1S/C16H9N3OS3/c1-8-19-13-12(23-8)6-11(9-2-4-21-14(9)13)20-15-10-3-5-22-16(10)18-7-17-15/h2-7H,1H3. The molecule has 0 saturated carbocycles. The summed E-state index contributed by atoms with van der Waals surface area (Å²) in [5, 5.41) is 7.17. The van der Waals surface area contributed by atoms with Crippen LogP contribution in [-0.2, 0) is 0 Å². The van der Waals surface area contributed by atoms with Gasteiger partial charge in [0.15, 0.2) is 0 Å². The average molecular weight is 355 g/mol. The number of fused-ring (bicyclic) bond motifs is 4. The first-order valence-electron chi connectivity index (χ1n) is 6.93. The first-order valence-corrected chi connectivity index (χ1v) is 9.50. The molecule has 7 heteroatoms. The smallest absolute Gasteiger partial charge is 0.231 e. The fourth-order valence-corrected chi connectivity index (χ4v) is 5.18. The minimum absolute atomic E-state index is 0.601. The van der Waals surface area contributed by atoms with Crippen molar-refractivity contribution in [3.05, 3.63) is 40.3 Å². The fraction of sp³-hybridized carbons (Fsp3) is 0.0625. The van der Waals surface area contributed by atoms with Gasteiger partial charge in [-0.1, -0.05) is 0 Å². The van der Waals surface area contributed by atoms with E-state index >= 15 is 0 Å². The molecule has 0 amide bonds. The molecule has 0 radical (unpaired) electrons. The molecule has 0 bridgehead atoms. The van der Waals surface area contributed by atoms with E-state index in [4.69, 9.17) is 4.74 Å². The Balaban J connectivity index is 1.75. The SMILES string of the molecule is Cc1nc2c(cc(Oc3ncnc4sccc34)c3ccsc32)s1. The van der Waals surface area contributed by atoms with Gasteiger partial charge in [-0.15, -0.1) is 34.0 Å². The van der Waals surface area contributed by atoms with E-state index in [2.05, 4.69) is 32.5 Å². The molecule has 23 heavy (non-hydrogen) atoms. The number of hydrogen-bond donors (Lipinski definition) is 0. The third kappa shape index (κ3) is 2.04. The van der Waals surface area contributed by atoms with Crippen LogP contribution in [0.1, 0.15) is 5.01 Å². The molecule has 4 nitrogen and oxygen atoms in total. The topological polar surface area (TPSA) is 47.9 Å². The van der Waals surface area contributed by atoms with E-state index in [-0.39, 0.29) is 0 Å². The van der Waals surface area contributed by atoms with Crippen molar-refractivity contribution in [2.75, 3.05) is 0 Å². The lowest BCUT2D eigenvalue weighted by Gasteiger charge is -2.07. The monoisotopic (exact) mass is 355 g/mol. The van der Waals surface area contributed by atoms with Crippen molar-refractivity contribution in [1.29, 1.82) is 0 Å². The van der Waals surface area contributed by atoms with Crippen molar-refractivity contribution >= 4 is 64.5 Å². The molecular formula is C16H9N3OS3. The Bertz CT molecular complexity index is 1170. The van der Waals surface area contributed by atoms with E-state index in [1.165, 1.54) is 0 Å². The van der Waals surface area contributed by atoms with Gasteiger partial charge in [-0.05, 0) is 29.8 Å². The number of hydrogen-bond acceptors (Lipinski definition) is 7. The van der Waals surface area contributed by atoms with Gasteiger partial charge in [-0.3, -0.25) is 0 Å². The molecule has 1 aromatic carbocycles. The van der Waals surface area contributed by atoms with Crippen LogP contribution in [0.4, 0.5) is 0 Å². The van der Waals surface area contributed by atoms with Crippen molar-refractivity contribution in [3.63, 3.8) is 0 Å². The molecule has 0 saturated heterocycles. The number of rotatable bonds is 2. The van der Waals surface area contributed by atoms with Crippen molar-refractivity contribution < 1.29 is 4.74 Å². The molecule has 0 spiro atoms. The molecular weight excluding hydrogens is 346 g/mol. The van der Waals surface area contributed by atoms with Gasteiger partial charge in [0, 0.05) is 11.5 Å². The summed E-state index contributed by atoms with van der Waals surface area (Å²) in [5.74, 6) is 1.42. The third-order valence-electron chi connectivity index (χ3n) is 3.60. The number of thiazole rings is 1. The third-order valence-corrected chi connectivity index (χ3v) is 6.26. The minimum atomic E-state index is 0.601. The molecule has 0 unspecified atom stereocenters. The van der Waals surface area contributed by atoms with Crippen LogP contribution in [0.3, 0.4) is 0 Å². The number of benzene rings is 1. The zero-order chi connectivity index (χ0) is 15.4. The molecule has 0 aliphatic carbocycles. The maximum atomic E-state index is 6.18. The number of aromatic nitrogens is 3. The lowest BCUT2D eigenvalue weighted by atomic mass is 10.2. The van der Waals surface area contributed by atoms with Gasteiger partial charge in [0.25, 0.3) is 0 Å². The predicted molar refractivity (Wildman–Crippen MR) is 97.2 cm³/mol. The van der Waals surface area contributed by atoms with Crippen LogP contribution in [0, 0.1) is 6.92 Å².